The predicted octanol–water partition coefficient (Wildman–Crippen LogP) is 5.88. The fourth-order valence-corrected chi connectivity index (χ4v) is 5.57. The zero-order valence-electron chi connectivity index (χ0n) is 20.7. The Labute approximate surface area is 221 Å². The molecule has 1 unspecified atom stereocenters. The summed E-state index contributed by atoms with van der Waals surface area (Å²) in [6, 6.07) is 12.9. The molecule has 0 bridgehead atoms. The third-order valence-corrected chi connectivity index (χ3v) is 7.63. The van der Waals surface area contributed by atoms with Gasteiger partial charge in [-0.2, -0.15) is 4.98 Å². The van der Waals surface area contributed by atoms with Crippen molar-refractivity contribution in [3.05, 3.63) is 65.2 Å². The number of hydrogen-bond acceptors (Lipinski definition) is 6. The third-order valence-electron chi connectivity index (χ3n) is 7.40. The molecular formula is C28H32ClF2N5O. The molecule has 3 heterocycles. The number of nitrogens with zero attached hydrogens (tertiary/aromatic N) is 4. The summed E-state index contributed by atoms with van der Waals surface area (Å²) in [7, 11) is 0. The number of halogens is 3. The zero-order chi connectivity index (χ0) is 25.8. The highest BCUT2D eigenvalue weighted by Crippen LogP contribution is 2.30. The molecule has 2 fully saturated rings. The van der Waals surface area contributed by atoms with Gasteiger partial charge in [0.05, 0.1) is 11.4 Å². The SMILES string of the molecule is OCCC1CCCN(C2CCN(c3nc(Nc4ccc(Cl)cc4F)cc(-c4ccc(F)cc4)n3)CC2)C1. The number of likely N-dealkylation sites (tertiary alicyclic amines) is 1. The van der Waals surface area contributed by atoms with Crippen LogP contribution in [0, 0.1) is 17.6 Å². The van der Waals surface area contributed by atoms with E-state index >= 15 is 0 Å². The second-order valence-corrected chi connectivity index (χ2v) is 10.4. The summed E-state index contributed by atoms with van der Waals surface area (Å²) >= 11 is 5.91. The van der Waals surface area contributed by atoms with Crippen molar-refractivity contribution in [2.75, 3.05) is 43.0 Å². The second kappa shape index (κ2) is 11.7. The molecule has 1 atom stereocenters. The van der Waals surface area contributed by atoms with E-state index in [4.69, 9.17) is 21.6 Å². The van der Waals surface area contributed by atoms with Crippen molar-refractivity contribution in [3.63, 3.8) is 0 Å². The van der Waals surface area contributed by atoms with Gasteiger partial charge in [-0.25, -0.2) is 13.8 Å². The molecule has 6 nitrogen and oxygen atoms in total. The van der Waals surface area contributed by atoms with Crippen molar-refractivity contribution in [1.29, 1.82) is 0 Å². The second-order valence-electron chi connectivity index (χ2n) is 9.93. The Kier molecular flexibility index (Phi) is 8.17. The minimum atomic E-state index is -0.474. The summed E-state index contributed by atoms with van der Waals surface area (Å²) in [5, 5.41) is 12.7. The first-order valence-corrected chi connectivity index (χ1v) is 13.3. The van der Waals surface area contributed by atoms with Crippen LogP contribution >= 0.6 is 11.6 Å². The summed E-state index contributed by atoms with van der Waals surface area (Å²) < 4.78 is 28.0. The average molecular weight is 528 g/mol. The number of anilines is 3. The Hall–Kier alpha value is -2.81. The number of piperidine rings is 2. The molecule has 0 spiro atoms. The standard InChI is InChI=1S/C28H32ClF2N5O/c29-21-5-8-25(24(31)16-21)32-27-17-26(20-3-6-22(30)7-4-20)33-28(34-27)35-13-9-23(10-14-35)36-12-1-2-19(18-36)11-15-37/h3-8,16-17,19,23,37H,1-2,9-15,18H2,(H,32,33,34). The van der Waals surface area contributed by atoms with Crippen molar-refractivity contribution in [1.82, 2.24) is 14.9 Å². The Morgan fingerprint density at radius 3 is 2.49 bits per heavy atom. The number of aromatic nitrogens is 2. The highest BCUT2D eigenvalue weighted by molar-refractivity contribution is 6.30. The van der Waals surface area contributed by atoms with Crippen LogP contribution in [0.15, 0.2) is 48.5 Å². The fraction of sp³-hybridized carbons (Fsp3) is 0.429. The van der Waals surface area contributed by atoms with E-state index in [1.54, 1.807) is 30.3 Å². The number of aliphatic hydroxyl groups excluding tert-OH is 1. The lowest BCUT2D eigenvalue weighted by Gasteiger charge is -2.42. The number of nitrogens with one attached hydrogen (secondary N) is 1. The maximum atomic E-state index is 14.5. The van der Waals surface area contributed by atoms with Crippen LogP contribution in [-0.2, 0) is 0 Å². The van der Waals surface area contributed by atoms with Crippen LogP contribution in [0.1, 0.15) is 32.1 Å². The van der Waals surface area contributed by atoms with Gasteiger partial charge in [-0.05, 0) is 87.0 Å². The Balaban J connectivity index is 1.36. The number of aliphatic hydroxyl groups is 1. The summed E-state index contributed by atoms with van der Waals surface area (Å²) in [5.74, 6) is 0.803. The first kappa shape index (κ1) is 25.8. The van der Waals surface area contributed by atoms with Gasteiger partial charge in [0.15, 0.2) is 0 Å². The topological polar surface area (TPSA) is 64.5 Å². The van der Waals surface area contributed by atoms with Gasteiger partial charge in [0, 0.05) is 48.9 Å². The van der Waals surface area contributed by atoms with E-state index in [1.165, 1.54) is 31.0 Å². The van der Waals surface area contributed by atoms with Crippen molar-refractivity contribution in [2.24, 2.45) is 5.92 Å². The van der Waals surface area contributed by atoms with Crippen molar-refractivity contribution < 1.29 is 13.9 Å². The third kappa shape index (κ3) is 6.37. The molecule has 2 aromatic carbocycles. The van der Waals surface area contributed by atoms with E-state index < -0.39 is 5.82 Å². The van der Waals surface area contributed by atoms with Crippen molar-refractivity contribution in [3.8, 4) is 11.3 Å². The van der Waals surface area contributed by atoms with Crippen LogP contribution in [-0.4, -0.2) is 58.8 Å². The van der Waals surface area contributed by atoms with Crippen LogP contribution in [0.2, 0.25) is 5.02 Å². The summed E-state index contributed by atoms with van der Waals surface area (Å²) in [6.07, 6.45) is 5.27. The van der Waals surface area contributed by atoms with Gasteiger partial charge in [0.1, 0.15) is 17.5 Å². The first-order chi connectivity index (χ1) is 18.0. The van der Waals surface area contributed by atoms with E-state index in [0.717, 1.165) is 51.0 Å². The van der Waals surface area contributed by atoms with E-state index in [0.29, 0.717) is 34.4 Å². The zero-order valence-corrected chi connectivity index (χ0v) is 21.5. The van der Waals surface area contributed by atoms with E-state index in [-0.39, 0.29) is 18.1 Å². The van der Waals surface area contributed by atoms with E-state index in [2.05, 4.69) is 15.1 Å². The van der Waals surface area contributed by atoms with Crippen molar-refractivity contribution in [2.45, 2.75) is 38.1 Å². The van der Waals surface area contributed by atoms with Crippen LogP contribution in [0.4, 0.5) is 26.2 Å². The number of hydrogen-bond donors (Lipinski definition) is 2. The Morgan fingerprint density at radius 2 is 1.76 bits per heavy atom. The quantitative estimate of drug-likeness (QED) is 0.400. The maximum absolute atomic E-state index is 14.5. The lowest BCUT2D eigenvalue weighted by atomic mass is 9.92. The van der Waals surface area contributed by atoms with Gasteiger partial charge in [-0.3, -0.25) is 4.90 Å². The molecule has 0 radical (unpaired) electrons. The molecule has 0 aliphatic carbocycles. The molecule has 2 saturated heterocycles. The molecule has 196 valence electrons. The molecule has 1 aromatic heterocycles. The largest absolute Gasteiger partial charge is 0.396 e. The normalized spacial score (nSPS) is 19.2. The Morgan fingerprint density at radius 1 is 0.973 bits per heavy atom. The van der Waals surface area contributed by atoms with Gasteiger partial charge in [-0.1, -0.05) is 11.6 Å². The van der Waals surface area contributed by atoms with Gasteiger partial charge >= 0.3 is 0 Å². The van der Waals surface area contributed by atoms with E-state index in [1.807, 2.05) is 0 Å². The van der Waals surface area contributed by atoms with Crippen LogP contribution in [0.3, 0.4) is 0 Å². The van der Waals surface area contributed by atoms with Gasteiger partial charge in [-0.15, -0.1) is 0 Å². The molecule has 0 saturated carbocycles. The molecule has 37 heavy (non-hydrogen) atoms. The molecule has 2 aliphatic rings. The fourth-order valence-electron chi connectivity index (χ4n) is 5.42. The Bertz CT molecular complexity index is 1200. The summed E-state index contributed by atoms with van der Waals surface area (Å²) in [4.78, 5) is 14.3. The highest BCUT2D eigenvalue weighted by atomic mass is 35.5. The van der Waals surface area contributed by atoms with Gasteiger partial charge < -0.3 is 15.3 Å². The molecule has 0 amide bonds. The number of benzene rings is 2. The average Bonchev–Trinajstić information content (AvgIpc) is 2.91. The molecule has 2 aliphatic heterocycles. The molecule has 9 heteroatoms. The summed E-state index contributed by atoms with van der Waals surface area (Å²) in [5.41, 5.74) is 1.65. The predicted molar refractivity (Wildman–Crippen MR) is 143 cm³/mol. The van der Waals surface area contributed by atoms with Crippen LogP contribution < -0.4 is 10.2 Å². The number of rotatable bonds is 7. The maximum Gasteiger partial charge on any atom is 0.227 e. The van der Waals surface area contributed by atoms with Gasteiger partial charge in [0.2, 0.25) is 5.95 Å². The van der Waals surface area contributed by atoms with Crippen molar-refractivity contribution >= 4 is 29.1 Å². The molecular weight excluding hydrogens is 496 g/mol. The van der Waals surface area contributed by atoms with Crippen LogP contribution in [0.25, 0.3) is 11.3 Å². The van der Waals surface area contributed by atoms with Crippen LogP contribution in [0.5, 0.6) is 0 Å². The lowest BCUT2D eigenvalue weighted by molar-refractivity contribution is 0.0942. The molecule has 5 rings (SSSR count). The minimum absolute atomic E-state index is 0.259. The summed E-state index contributed by atoms with van der Waals surface area (Å²) in [6.45, 7) is 4.06. The monoisotopic (exact) mass is 527 g/mol. The smallest absolute Gasteiger partial charge is 0.227 e. The van der Waals surface area contributed by atoms with Gasteiger partial charge in [0.25, 0.3) is 0 Å². The molecule has 3 aromatic rings. The molecule has 2 N–H and O–H groups in total. The lowest BCUT2D eigenvalue weighted by Crippen LogP contribution is -2.49. The van der Waals surface area contributed by atoms with E-state index in [9.17, 15) is 13.9 Å². The first-order valence-electron chi connectivity index (χ1n) is 13.0. The minimum Gasteiger partial charge on any atom is -0.396 e. The highest BCUT2D eigenvalue weighted by Gasteiger charge is 2.29.